The van der Waals surface area contributed by atoms with Crippen molar-refractivity contribution < 1.29 is 8.39 Å². The Morgan fingerprint density at radius 1 is 1.22 bits per heavy atom. The van der Waals surface area contributed by atoms with E-state index in [0.29, 0.717) is 4.90 Å². The zero-order valence-electron chi connectivity index (χ0n) is 11.1. The fourth-order valence-corrected chi connectivity index (χ4v) is 2.85. The molecule has 0 aliphatic heterocycles. The molecule has 0 spiro atoms. The molecule has 0 bridgehead atoms. The van der Waals surface area contributed by atoms with Crippen LogP contribution in [0.25, 0.3) is 10.9 Å². The first kappa shape index (κ1) is 13.2. The molecule has 0 aliphatic rings. The number of pyridine rings is 1. The Kier molecular flexibility index (Phi) is 3.78. The molecule has 4 heteroatoms. The van der Waals surface area contributed by atoms with Crippen molar-refractivity contribution in [3.05, 3.63) is 35.5 Å². The lowest BCUT2D eigenvalue weighted by Crippen LogP contribution is -2.07. The van der Waals surface area contributed by atoms with Crippen molar-refractivity contribution in [3.63, 3.8) is 0 Å². The molecule has 0 aliphatic carbocycles. The van der Waals surface area contributed by atoms with Gasteiger partial charge >= 0.3 is 0 Å². The smallest absolute Gasteiger partial charge is 0.191 e. The molecule has 1 heterocycles. The second-order valence-electron chi connectivity index (χ2n) is 4.67. The molecule has 0 radical (unpaired) electrons. The van der Waals surface area contributed by atoms with Crippen molar-refractivity contribution in [2.45, 2.75) is 38.7 Å². The summed E-state index contributed by atoms with van der Waals surface area (Å²) in [5.41, 5.74) is 2.73. The molecule has 1 aromatic carbocycles. The van der Waals surface area contributed by atoms with Crippen LogP contribution in [0.15, 0.2) is 29.2 Å². The zero-order valence-corrected chi connectivity index (χ0v) is 11.9. The van der Waals surface area contributed by atoms with Gasteiger partial charge in [0.2, 0.25) is 0 Å². The highest BCUT2D eigenvalue weighted by atomic mass is 32.2. The number of nitrogens with zero attached hydrogens (tertiary/aromatic N) is 1. The number of hydrogen-bond acceptors (Lipinski definition) is 3. The minimum atomic E-state index is -1.47. The summed E-state index contributed by atoms with van der Waals surface area (Å²) in [6, 6.07) is 7.88. The van der Waals surface area contributed by atoms with E-state index in [1.807, 2.05) is 52.0 Å². The molecule has 0 amide bonds. The standard InChI is InChI=1S/C14H17NO2S/c1-9(2)17-18(16)13-8-10(3)7-12-6-5-11(4)15-14(12)13/h5-9H,1-4H3. The summed E-state index contributed by atoms with van der Waals surface area (Å²) in [5, 5.41) is 0.997. The normalized spacial score (nSPS) is 13.2. The molecule has 0 N–H and O–H groups in total. The third-order valence-corrected chi connectivity index (χ3v) is 3.73. The largest absolute Gasteiger partial charge is 0.284 e. The van der Waals surface area contributed by atoms with Gasteiger partial charge in [-0.15, -0.1) is 0 Å². The molecule has 3 nitrogen and oxygen atoms in total. The van der Waals surface area contributed by atoms with E-state index in [-0.39, 0.29) is 6.10 Å². The Morgan fingerprint density at radius 3 is 2.61 bits per heavy atom. The van der Waals surface area contributed by atoms with Crippen LogP contribution >= 0.6 is 0 Å². The predicted molar refractivity (Wildman–Crippen MR) is 73.8 cm³/mol. The molecular formula is C14H17NO2S. The summed E-state index contributed by atoms with van der Waals surface area (Å²) in [5.74, 6) is 0. The van der Waals surface area contributed by atoms with Crippen LogP contribution in [0.4, 0.5) is 0 Å². The van der Waals surface area contributed by atoms with Crippen LogP contribution in [-0.2, 0) is 15.3 Å². The molecule has 18 heavy (non-hydrogen) atoms. The van der Waals surface area contributed by atoms with Crippen molar-refractivity contribution in [1.29, 1.82) is 0 Å². The monoisotopic (exact) mass is 263 g/mol. The quantitative estimate of drug-likeness (QED) is 0.853. The lowest BCUT2D eigenvalue weighted by molar-refractivity contribution is 0.270. The molecule has 96 valence electrons. The maximum atomic E-state index is 12.2. The van der Waals surface area contributed by atoms with Crippen LogP contribution in [0.1, 0.15) is 25.1 Å². The van der Waals surface area contributed by atoms with Gasteiger partial charge in [-0.2, -0.15) is 0 Å². The van der Waals surface area contributed by atoms with Gasteiger partial charge in [0, 0.05) is 11.1 Å². The third kappa shape index (κ3) is 2.76. The van der Waals surface area contributed by atoms with Gasteiger partial charge in [-0.1, -0.05) is 6.07 Å². The first-order valence-corrected chi connectivity index (χ1v) is 7.02. The van der Waals surface area contributed by atoms with Gasteiger partial charge in [-0.3, -0.25) is 9.17 Å². The van der Waals surface area contributed by atoms with Crippen LogP contribution in [0.2, 0.25) is 0 Å². The zero-order chi connectivity index (χ0) is 13.3. The molecule has 2 aromatic rings. The van der Waals surface area contributed by atoms with Crippen LogP contribution < -0.4 is 0 Å². The number of fused-ring (bicyclic) bond motifs is 1. The Morgan fingerprint density at radius 2 is 1.94 bits per heavy atom. The van der Waals surface area contributed by atoms with E-state index in [1.165, 1.54) is 0 Å². The number of benzene rings is 1. The Bertz CT molecular complexity index is 608. The van der Waals surface area contributed by atoms with Crippen molar-refractivity contribution in [1.82, 2.24) is 4.98 Å². The van der Waals surface area contributed by atoms with Gasteiger partial charge < -0.3 is 0 Å². The van der Waals surface area contributed by atoms with Gasteiger partial charge in [0.15, 0.2) is 11.1 Å². The van der Waals surface area contributed by atoms with E-state index in [0.717, 1.165) is 22.2 Å². The highest BCUT2D eigenvalue weighted by Crippen LogP contribution is 2.23. The first-order chi connectivity index (χ1) is 8.47. The average molecular weight is 263 g/mol. The van der Waals surface area contributed by atoms with Gasteiger partial charge in [0.1, 0.15) is 0 Å². The van der Waals surface area contributed by atoms with E-state index in [2.05, 4.69) is 4.98 Å². The maximum Gasteiger partial charge on any atom is 0.191 e. The molecule has 1 aromatic heterocycles. The third-order valence-electron chi connectivity index (χ3n) is 2.50. The average Bonchev–Trinajstić information content (AvgIpc) is 2.27. The van der Waals surface area contributed by atoms with Crippen molar-refractivity contribution in [2.75, 3.05) is 0 Å². The van der Waals surface area contributed by atoms with E-state index >= 15 is 0 Å². The first-order valence-electron chi connectivity index (χ1n) is 5.94. The van der Waals surface area contributed by atoms with Crippen LogP contribution in [0.5, 0.6) is 0 Å². The number of aromatic nitrogens is 1. The fraction of sp³-hybridized carbons (Fsp3) is 0.357. The maximum absolute atomic E-state index is 12.2. The Labute approximate surface area is 110 Å². The lowest BCUT2D eigenvalue weighted by Gasteiger charge is -2.10. The summed E-state index contributed by atoms with van der Waals surface area (Å²) in [6.07, 6.45) is -0.0776. The van der Waals surface area contributed by atoms with E-state index < -0.39 is 11.1 Å². The van der Waals surface area contributed by atoms with E-state index in [9.17, 15) is 4.21 Å². The molecule has 0 fully saturated rings. The molecule has 1 atom stereocenters. The SMILES string of the molecule is Cc1cc(S(=O)OC(C)C)c2nc(C)ccc2c1. The summed E-state index contributed by atoms with van der Waals surface area (Å²) >= 11 is -1.47. The molecule has 0 saturated heterocycles. The minimum absolute atomic E-state index is 0.0776. The highest BCUT2D eigenvalue weighted by molar-refractivity contribution is 7.80. The number of aryl methyl sites for hydroxylation is 2. The topological polar surface area (TPSA) is 39.2 Å². The Balaban J connectivity index is 2.61. The van der Waals surface area contributed by atoms with Gasteiger partial charge in [0.05, 0.1) is 16.5 Å². The van der Waals surface area contributed by atoms with Gasteiger partial charge in [-0.25, -0.2) is 4.21 Å². The summed E-state index contributed by atoms with van der Waals surface area (Å²) in [7, 11) is 0. The highest BCUT2D eigenvalue weighted by Gasteiger charge is 2.13. The Hall–Kier alpha value is -1.26. The van der Waals surface area contributed by atoms with Gasteiger partial charge in [0.25, 0.3) is 0 Å². The van der Waals surface area contributed by atoms with Crippen molar-refractivity contribution >= 4 is 22.0 Å². The summed E-state index contributed by atoms with van der Waals surface area (Å²) in [4.78, 5) is 5.13. The fourth-order valence-electron chi connectivity index (χ4n) is 1.80. The minimum Gasteiger partial charge on any atom is -0.284 e. The van der Waals surface area contributed by atoms with Crippen LogP contribution in [0, 0.1) is 13.8 Å². The summed E-state index contributed by atoms with van der Waals surface area (Å²) < 4.78 is 17.6. The molecule has 0 saturated carbocycles. The summed E-state index contributed by atoms with van der Waals surface area (Å²) in [6.45, 7) is 7.65. The molecule has 2 rings (SSSR count). The van der Waals surface area contributed by atoms with Crippen LogP contribution in [0.3, 0.4) is 0 Å². The molecular weight excluding hydrogens is 246 g/mol. The van der Waals surface area contributed by atoms with Crippen LogP contribution in [-0.4, -0.2) is 15.3 Å². The molecule has 1 unspecified atom stereocenters. The predicted octanol–water partition coefficient (Wildman–Crippen LogP) is 3.30. The van der Waals surface area contributed by atoms with Crippen molar-refractivity contribution in [3.8, 4) is 0 Å². The van der Waals surface area contributed by atoms with Gasteiger partial charge in [-0.05, 0) is 51.5 Å². The lowest BCUT2D eigenvalue weighted by atomic mass is 10.1. The number of hydrogen-bond donors (Lipinski definition) is 0. The van der Waals surface area contributed by atoms with Crippen molar-refractivity contribution in [2.24, 2.45) is 0 Å². The number of rotatable bonds is 3. The van der Waals surface area contributed by atoms with E-state index in [1.54, 1.807) is 0 Å². The second-order valence-corrected chi connectivity index (χ2v) is 5.77. The second kappa shape index (κ2) is 5.16. The van der Waals surface area contributed by atoms with E-state index in [4.69, 9.17) is 4.18 Å².